The zero-order valence-electron chi connectivity index (χ0n) is 17.2. The highest BCUT2D eigenvalue weighted by molar-refractivity contribution is 14.1. The number of halogens is 8. The van der Waals surface area contributed by atoms with Gasteiger partial charge in [-0.05, 0) is 96.8 Å². The molecule has 3 aliphatic rings. The van der Waals surface area contributed by atoms with Crippen LogP contribution in [0.3, 0.4) is 0 Å². The first-order valence-corrected chi connectivity index (χ1v) is 15.5. The van der Waals surface area contributed by atoms with Crippen LogP contribution in [0.1, 0.15) is 29.6 Å². The minimum Gasteiger partial charge on any atom is -0.743 e. The fourth-order valence-corrected chi connectivity index (χ4v) is 8.04. The van der Waals surface area contributed by atoms with E-state index >= 15 is 0 Å². The van der Waals surface area contributed by atoms with Crippen LogP contribution in [0, 0.1) is 20.2 Å². The third-order valence-electron chi connectivity index (χ3n) is 5.90. The number of fused-ring (bicyclic) bond motifs is 4. The van der Waals surface area contributed by atoms with Crippen LogP contribution < -0.4 is 4.74 Å². The largest absolute Gasteiger partial charge is 0.743 e. The average molecular weight is 987 g/mol. The van der Waals surface area contributed by atoms with Crippen LogP contribution in [0.15, 0.2) is 0 Å². The van der Waals surface area contributed by atoms with Crippen LogP contribution in [0.5, 0.6) is 5.75 Å². The predicted octanol–water partition coefficient (Wildman–Crippen LogP) is 4.23. The summed E-state index contributed by atoms with van der Waals surface area (Å²) in [5.41, 5.74) is 0.270. The third-order valence-corrected chi connectivity index (χ3v) is 14.2. The first-order valence-electron chi connectivity index (χ1n) is 9.75. The van der Waals surface area contributed by atoms with Crippen molar-refractivity contribution >= 4 is 112 Å². The van der Waals surface area contributed by atoms with Crippen LogP contribution in [-0.2, 0) is 29.1 Å². The summed E-state index contributed by atoms with van der Waals surface area (Å²) in [5.74, 6) is -9.09. The number of ether oxygens (including phenoxy) is 4. The second-order valence-corrected chi connectivity index (χ2v) is 13.8. The standard InChI is InChI=1S/C18H12F4I4O9S/c19-17(20,18(21,22)36(29,30)31)1-2-32-14(27)5-3-7-16(4-6(5)33-7)34-13-8(15(28)35-16)9(23)10(24)11(25)12(13)26/h5-7H,1-4H2,(H,29,30,31)/p-1. The molecule has 1 spiro atoms. The van der Waals surface area contributed by atoms with Gasteiger partial charge < -0.3 is 23.5 Å². The quantitative estimate of drug-likeness (QED) is 0.103. The Kier molecular flexibility index (Phi) is 8.04. The van der Waals surface area contributed by atoms with Gasteiger partial charge in [0.25, 0.3) is 5.79 Å². The molecule has 36 heavy (non-hydrogen) atoms. The Morgan fingerprint density at radius 3 is 2.25 bits per heavy atom. The summed E-state index contributed by atoms with van der Waals surface area (Å²) < 4.78 is 110. The van der Waals surface area contributed by atoms with Gasteiger partial charge in [-0.1, -0.05) is 0 Å². The average Bonchev–Trinajstić information content (AvgIpc) is 3.32. The first kappa shape index (κ1) is 29.5. The molecule has 0 N–H and O–H groups in total. The number of hydrogen-bond donors (Lipinski definition) is 0. The molecule has 4 unspecified atom stereocenters. The highest BCUT2D eigenvalue weighted by Gasteiger charge is 2.65. The molecular weight excluding hydrogens is 976 g/mol. The Morgan fingerprint density at radius 2 is 1.69 bits per heavy atom. The van der Waals surface area contributed by atoms with Gasteiger partial charge >= 0.3 is 23.1 Å². The molecule has 18 heteroatoms. The van der Waals surface area contributed by atoms with E-state index in [-0.39, 0.29) is 18.4 Å². The summed E-state index contributed by atoms with van der Waals surface area (Å²) in [5, 5.41) is -5.86. The van der Waals surface area contributed by atoms with E-state index in [1.165, 1.54) is 0 Å². The molecule has 3 aliphatic heterocycles. The Bertz CT molecular complexity index is 1260. The summed E-state index contributed by atoms with van der Waals surface area (Å²) in [6, 6.07) is 0. The van der Waals surface area contributed by atoms with Crippen LogP contribution >= 0.6 is 90.4 Å². The molecule has 2 saturated heterocycles. The summed E-state index contributed by atoms with van der Waals surface area (Å²) >= 11 is 8.31. The maximum Gasteiger partial charge on any atom is 0.396 e. The molecule has 4 atom stereocenters. The molecule has 4 rings (SSSR count). The minimum atomic E-state index is -6.64. The van der Waals surface area contributed by atoms with Crippen molar-refractivity contribution in [1.29, 1.82) is 0 Å². The molecule has 0 saturated carbocycles. The Hall–Kier alpha value is 0.470. The molecule has 9 nitrogen and oxygen atoms in total. The van der Waals surface area contributed by atoms with Crippen molar-refractivity contribution in [3.8, 4) is 5.75 Å². The molecule has 0 aliphatic carbocycles. The maximum absolute atomic E-state index is 13.6. The molecular formula is C18H11F4I4O9S-. The second kappa shape index (κ2) is 9.83. The van der Waals surface area contributed by atoms with E-state index in [2.05, 4.69) is 72.5 Å². The van der Waals surface area contributed by atoms with Crippen molar-refractivity contribution < 1.29 is 59.1 Å². The molecule has 3 heterocycles. The predicted molar refractivity (Wildman–Crippen MR) is 143 cm³/mol. The third kappa shape index (κ3) is 4.72. The van der Waals surface area contributed by atoms with Crippen LogP contribution in [-0.4, -0.2) is 60.7 Å². The van der Waals surface area contributed by atoms with Crippen LogP contribution in [0.25, 0.3) is 0 Å². The monoisotopic (exact) mass is 987 g/mol. The van der Waals surface area contributed by atoms with E-state index in [4.69, 9.17) is 14.2 Å². The van der Waals surface area contributed by atoms with Crippen LogP contribution in [0.4, 0.5) is 17.6 Å². The van der Waals surface area contributed by atoms with Crippen LogP contribution in [0.2, 0.25) is 0 Å². The van der Waals surface area contributed by atoms with Crippen molar-refractivity contribution in [3.63, 3.8) is 0 Å². The van der Waals surface area contributed by atoms with Gasteiger partial charge in [-0.15, -0.1) is 0 Å². The maximum atomic E-state index is 13.6. The molecule has 2 fully saturated rings. The smallest absolute Gasteiger partial charge is 0.396 e. The lowest BCUT2D eigenvalue weighted by Gasteiger charge is -2.40. The number of carbonyl (C=O) groups is 2. The summed E-state index contributed by atoms with van der Waals surface area (Å²) in [6.07, 6.45) is -3.78. The number of hydrogen-bond acceptors (Lipinski definition) is 9. The number of carbonyl (C=O) groups excluding carboxylic acids is 2. The van der Waals surface area contributed by atoms with E-state index in [1.54, 1.807) is 0 Å². The fourth-order valence-electron chi connectivity index (χ4n) is 4.10. The summed E-state index contributed by atoms with van der Waals surface area (Å²) in [4.78, 5) is 25.3. The van der Waals surface area contributed by atoms with Crippen molar-refractivity contribution in [2.75, 3.05) is 6.61 Å². The highest BCUT2D eigenvalue weighted by Crippen LogP contribution is 2.53. The van der Waals surface area contributed by atoms with Gasteiger partial charge in [0.05, 0.1) is 35.0 Å². The van der Waals surface area contributed by atoms with Crippen molar-refractivity contribution in [2.45, 2.75) is 48.4 Å². The number of alkyl halides is 4. The van der Waals surface area contributed by atoms with E-state index in [0.717, 1.165) is 7.14 Å². The van der Waals surface area contributed by atoms with Crippen molar-refractivity contribution in [1.82, 2.24) is 0 Å². The topological polar surface area (TPSA) is 128 Å². The number of benzene rings is 1. The van der Waals surface area contributed by atoms with Gasteiger partial charge in [0.15, 0.2) is 15.9 Å². The molecule has 1 aromatic rings. The van der Waals surface area contributed by atoms with Gasteiger partial charge in [0.1, 0.15) is 11.7 Å². The van der Waals surface area contributed by atoms with Gasteiger partial charge in [-0.3, -0.25) is 4.79 Å². The minimum absolute atomic E-state index is 0.0667. The zero-order chi connectivity index (χ0) is 27.0. The summed E-state index contributed by atoms with van der Waals surface area (Å²) in [7, 11) is -6.64. The summed E-state index contributed by atoms with van der Waals surface area (Å²) in [6.45, 7) is -1.26. The number of rotatable bonds is 6. The Balaban J connectivity index is 1.43. The van der Waals surface area contributed by atoms with E-state index in [1.807, 2.05) is 22.6 Å². The van der Waals surface area contributed by atoms with Gasteiger partial charge in [0, 0.05) is 10.7 Å². The molecule has 1 aromatic carbocycles. The molecule has 200 valence electrons. The Labute approximate surface area is 255 Å². The van der Waals surface area contributed by atoms with Gasteiger partial charge in [-0.2, -0.15) is 17.6 Å². The second-order valence-electron chi connectivity index (χ2n) is 8.07. The van der Waals surface area contributed by atoms with Gasteiger partial charge in [0.2, 0.25) is 0 Å². The highest BCUT2D eigenvalue weighted by atomic mass is 127. The van der Waals surface area contributed by atoms with Gasteiger partial charge in [-0.25, -0.2) is 13.2 Å². The molecule has 0 amide bonds. The fraction of sp³-hybridized carbons (Fsp3) is 0.556. The van der Waals surface area contributed by atoms with Crippen molar-refractivity contribution in [3.05, 3.63) is 19.8 Å². The van der Waals surface area contributed by atoms with E-state index in [0.29, 0.717) is 12.9 Å². The lowest BCUT2D eigenvalue weighted by Crippen LogP contribution is -2.54. The van der Waals surface area contributed by atoms with E-state index in [9.17, 15) is 40.1 Å². The number of esters is 2. The molecule has 0 aromatic heterocycles. The van der Waals surface area contributed by atoms with E-state index < -0.39 is 70.2 Å². The normalized spacial score (nSPS) is 27.6. The first-order chi connectivity index (χ1) is 16.4. The lowest BCUT2D eigenvalue weighted by molar-refractivity contribution is -0.187. The lowest BCUT2D eigenvalue weighted by atomic mass is 9.84. The molecule has 0 radical (unpaired) electrons. The SMILES string of the molecule is O=C1OC2(CC3OC2CC3C(=O)OCCC(F)(F)C(F)(F)S(=O)(=O)[O-])Oc2c(I)c(I)c(I)c(I)c21. The zero-order valence-corrected chi connectivity index (χ0v) is 26.6. The van der Waals surface area contributed by atoms with Crippen molar-refractivity contribution in [2.24, 2.45) is 5.92 Å². The Morgan fingerprint density at radius 1 is 1.08 bits per heavy atom. The molecule has 2 bridgehead atoms.